The second-order valence-electron chi connectivity index (χ2n) is 5.17. The molecule has 0 atom stereocenters. The van der Waals surface area contributed by atoms with Gasteiger partial charge in [-0.05, 0) is 54.9 Å². The average molecular weight is 305 g/mol. The van der Waals surface area contributed by atoms with Gasteiger partial charge in [-0.2, -0.15) is 0 Å². The molecule has 0 aliphatic rings. The molecular formula is C17H15N5O. The fraction of sp³-hybridized carbons (Fsp3) is 0.118. The number of benzene rings is 1. The Morgan fingerprint density at radius 1 is 1.04 bits per heavy atom. The molecule has 114 valence electrons. The van der Waals surface area contributed by atoms with Crippen molar-refractivity contribution in [1.82, 2.24) is 15.0 Å². The molecule has 0 fully saturated rings. The summed E-state index contributed by atoms with van der Waals surface area (Å²) in [5.74, 6) is 0.453. The van der Waals surface area contributed by atoms with Crippen LogP contribution in [0.5, 0.6) is 0 Å². The fourth-order valence-electron chi connectivity index (χ4n) is 2.12. The first-order chi connectivity index (χ1) is 11.2. The van der Waals surface area contributed by atoms with Gasteiger partial charge in [-0.3, -0.25) is 4.98 Å². The molecule has 0 bridgehead atoms. The Bertz CT molecular complexity index is 846. The van der Waals surface area contributed by atoms with Gasteiger partial charge in [-0.25, -0.2) is 9.97 Å². The minimum atomic E-state index is 0.358. The number of hydrogen-bond donors (Lipinski definition) is 1. The van der Waals surface area contributed by atoms with Crippen LogP contribution >= 0.6 is 0 Å². The quantitative estimate of drug-likeness (QED) is 0.727. The maximum Gasteiger partial charge on any atom is 0.227 e. The molecule has 0 aliphatic heterocycles. The molecule has 3 aromatic rings. The lowest BCUT2D eigenvalue weighted by Gasteiger charge is -2.09. The van der Waals surface area contributed by atoms with Crippen LogP contribution in [0.1, 0.15) is 11.3 Å². The summed E-state index contributed by atoms with van der Waals surface area (Å²) in [7, 11) is 0. The minimum absolute atomic E-state index is 0.358. The molecule has 2 aromatic heterocycles. The lowest BCUT2D eigenvalue weighted by Crippen LogP contribution is -1.99. The Kier molecular flexibility index (Phi) is 4.05. The molecular weight excluding hydrogens is 290 g/mol. The summed E-state index contributed by atoms with van der Waals surface area (Å²) in [5.41, 5.74) is 4.73. The van der Waals surface area contributed by atoms with E-state index in [1.165, 1.54) is 0 Å². The van der Waals surface area contributed by atoms with E-state index in [9.17, 15) is 4.91 Å². The van der Waals surface area contributed by atoms with Crippen molar-refractivity contribution in [2.45, 2.75) is 13.8 Å². The van der Waals surface area contributed by atoms with Crippen LogP contribution in [-0.4, -0.2) is 15.0 Å². The highest BCUT2D eigenvalue weighted by Crippen LogP contribution is 2.25. The topological polar surface area (TPSA) is 80.1 Å². The van der Waals surface area contributed by atoms with E-state index in [1.54, 1.807) is 24.5 Å². The zero-order valence-corrected chi connectivity index (χ0v) is 12.8. The standard InChI is InChI=1S/C17H15N5O/c1-11-3-6-14(22-23)9-16(11)21-17-18-8-7-15(20-17)13-5-4-12(2)19-10-13/h3-10H,1-2H3,(H,18,20,21). The SMILES string of the molecule is Cc1ccc(-c2ccnc(Nc3cc(N=O)ccc3C)n2)cn1. The molecule has 6 heteroatoms. The fourth-order valence-corrected chi connectivity index (χ4v) is 2.12. The Hall–Kier alpha value is -3.15. The molecule has 0 aliphatic carbocycles. The van der Waals surface area contributed by atoms with Gasteiger partial charge in [-0.15, -0.1) is 4.91 Å². The first kappa shape index (κ1) is 14.8. The third-order valence-corrected chi connectivity index (χ3v) is 3.44. The monoisotopic (exact) mass is 305 g/mol. The molecule has 0 saturated carbocycles. The summed E-state index contributed by atoms with van der Waals surface area (Å²) in [4.78, 5) is 23.7. The summed E-state index contributed by atoms with van der Waals surface area (Å²) in [6.07, 6.45) is 3.46. The number of hydrogen-bond acceptors (Lipinski definition) is 6. The van der Waals surface area contributed by atoms with Crippen LogP contribution in [0.25, 0.3) is 11.3 Å². The van der Waals surface area contributed by atoms with Crippen LogP contribution in [0.2, 0.25) is 0 Å². The first-order valence-electron chi connectivity index (χ1n) is 7.13. The van der Waals surface area contributed by atoms with Gasteiger partial charge in [0.05, 0.1) is 5.69 Å². The molecule has 0 saturated heterocycles. The third kappa shape index (κ3) is 3.37. The average Bonchev–Trinajstić information content (AvgIpc) is 2.58. The van der Waals surface area contributed by atoms with Crippen molar-refractivity contribution in [2.75, 3.05) is 5.32 Å². The molecule has 1 aromatic carbocycles. The van der Waals surface area contributed by atoms with Gasteiger partial charge in [0.2, 0.25) is 5.95 Å². The Morgan fingerprint density at radius 2 is 1.91 bits per heavy atom. The van der Waals surface area contributed by atoms with E-state index in [1.807, 2.05) is 38.1 Å². The smallest absolute Gasteiger partial charge is 0.227 e. The van der Waals surface area contributed by atoms with Gasteiger partial charge in [0, 0.05) is 29.3 Å². The molecule has 2 heterocycles. The maximum absolute atomic E-state index is 10.7. The summed E-state index contributed by atoms with van der Waals surface area (Å²) in [6.45, 7) is 3.87. The van der Waals surface area contributed by atoms with E-state index in [4.69, 9.17) is 0 Å². The van der Waals surface area contributed by atoms with Crippen molar-refractivity contribution in [2.24, 2.45) is 5.18 Å². The predicted octanol–water partition coefficient (Wildman–Crippen LogP) is 4.30. The van der Waals surface area contributed by atoms with Crippen molar-refractivity contribution in [3.8, 4) is 11.3 Å². The molecule has 0 amide bonds. The van der Waals surface area contributed by atoms with E-state index in [2.05, 4.69) is 25.4 Å². The molecule has 0 radical (unpaired) electrons. The predicted molar refractivity (Wildman–Crippen MR) is 89.9 cm³/mol. The molecule has 23 heavy (non-hydrogen) atoms. The van der Waals surface area contributed by atoms with E-state index >= 15 is 0 Å². The summed E-state index contributed by atoms with van der Waals surface area (Å²) < 4.78 is 0. The number of nitrogens with one attached hydrogen (secondary N) is 1. The van der Waals surface area contributed by atoms with Crippen molar-refractivity contribution < 1.29 is 0 Å². The lowest BCUT2D eigenvalue weighted by molar-refractivity contribution is 1.15. The number of nitrogens with zero attached hydrogens (tertiary/aromatic N) is 4. The van der Waals surface area contributed by atoms with Gasteiger partial charge in [0.15, 0.2) is 0 Å². The summed E-state index contributed by atoms with van der Waals surface area (Å²) in [6, 6.07) is 10.9. The number of aryl methyl sites for hydroxylation is 2. The van der Waals surface area contributed by atoms with Gasteiger partial charge < -0.3 is 5.32 Å². The highest BCUT2D eigenvalue weighted by atomic mass is 16.3. The molecule has 0 spiro atoms. The number of nitroso groups, excluding NO2 is 1. The Morgan fingerprint density at radius 3 is 2.65 bits per heavy atom. The summed E-state index contributed by atoms with van der Waals surface area (Å²) in [5, 5.41) is 6.08. The molecule has 0 unspecified atom stereocenters. The van der Waals surface area contributed by atoms with Gasteiger partial charge >= 0.3 is 0 Å². The largest absolute Gasteiger partial charge is 0.324 e. The van der Waals surface area contributed by atoms with E-state index < -0.39 is 0 Å². The third-order valence-electron chi connectivity index (χ3n) is 3.44. The van der Waals surface area contributed by atoms with E-state index in [0.717, 1.165) is 28.2 Å². The van der Waals surface area contributed by atoms with E-state index in [0.29, 0.717) is 11.6 Å². The van der Waals surface area contributed by atoms with Gasteiger partial charge in [0.25, 0.3) is 0 Å². The van der Waals surface area contributed by atoms with Crippen LogP contribution in [0.15, 0.2) is 54.0 Å². The Balaban J connectivity index is 1.91. The van der Waals surface area contributed by atoms with Crippen LogP contribution in [0, 0.1) is 18.8 Å². The van der Waals surface area contributed by atoms with Crippen molar-refractivity contribution in [3.63, 3.8) is 0 Å². The highest BCUT2D eigenvalue weighted by Gasteiger charge is 2.06. The number of aromatic nitrogens is 3. The second kappa shape index (κ2) is 6.31. The van der Waals surface area contributed by atoms with Crippen LogP contribution in [-0.2, 0) is 0 Å². The molecule has 1 N–H and O–H groups in total. The molecule has 6 nitrogen and oxygen atoms in total. The van der Waals surface area contributed by atoms with Gasteiger partial charge in [-0.1, -0.05) is 6.07 Å². The minimum Gasteiger partial charge on any atom is -0.324 e. The zero-order chi connectivity index (χ0) is 16.2. The van der Waals surface area contributed by atoms with E-state index in [-0.39, 0.29) is 0 Å². The van der Waals surface area contributed by atoms with Crippen LogP contribution in [0.3, 0.4) is 0 Å². The number of rotatable bonds is 4. The summed E-state index contributed by atoms with van der Waals surface area (Å²) >= 11 is 0. The van der Waals surface area contributed by atoms with Crippen LogP contribution in [0.4, 0.5) is 17.3 Å². The van der Waals surface area contributed by atoms with Crippen molar-refractivity contribution in [1.29, 1.82) is 0 Å². The zero-order valence-electron chi connectivity index (χ0n) is 12.8. The molecule has 3 rings (SSSR count). The maximum atomic E-state index is 10.7. The lowest BCUT2D eigenvalue weighted by atomic mass is 10.2. The Labute approximate surface area is 133 Å². The highest BCUT2D eigenvalue weighted by molar-refractivity contribution is 5.65. The van der Waals surface area contributed by atoms with Crippen molar-refractivity contribution >= 4 is 17.3 Å². The number of pyridine rings is 1. The normalized spacial score (nSPS) is 10.3. The first-order valence-corrected chi connectivity index (χ1v) is 7.13. The van der Waals surface area contributed by atoms with Gasteiger partial charge in [0.1, 0.15) is 5.69 Å². The second-order valence-corrected chi connectivity index (χ2v) is 5.17. The number of anilines is 2. The van der Waals surface area contributed by atoms with Crippen LogP contribution < -0.4 is 5.32 Å². The van der Waals surface area contributed by atoms with Crippen molar-refractivity contribution in [3.05, 3.63) is 65.0 Å².